The lowest BCUT2D eigenvalue weighted by molar-refractivity contribution is -0.117. The minimum atomic E-state index is -0.619. The molecule has 102 valence electrons. The first-order valence-corrected chi connectivity index (χ1v) is 6.80. The van der Waals surface area contributed by atoms with Gasteiger partial charge in [-0.1, -0.05) is 0 Å². The Balaban J connectivity index is 2.52. The van der Waals surface area contributed by atoms with E-state index in [2.05, 4.69) is 33.3 Å². The van der Waals surface area contributed by atoms with E-state index in [0.717, 1.165) is 6.07 Å². The first kappa shape index (κ1) is 14.3. The van der Waals surface area contributed by atoms with Crippen LogP contribution in [0.2, 0.25) is 0 Å². The fourth-order valence-electron chi connectivity index (χ4n) is 1.95. The van der Waals surface area contributed by atoms with E-state index in [1.54, 1.807) is 0 Å². The molecule has 1 aliphatic heterocycles. The van der Waals surface area contributed by atoms with Crippen molar-refractivity contribution in [2.45, 2.75) is 11.7 Å². The van der Waals surface area contributed by atoms with E-state index in [9.17, 15) is 14.0 Å². The summed E-state index contributed by atoms with van der Waals surface area (Å²) in [6.07, 6.45) is 0.265. The number of halogens is 2. The number of benzene rings is 1. The van der Waals surface area contributed by atoms with Gasteiger partial charge < -0.3 is 9.64 Å². The summed E-state index contributed by atoms with van der Waals surface area (Å²) in [5.41, 5.74) is 0.362. The summed E-state index contributed by atoms with van der Waals surface area (Å²) in [6.45, 7) is 0.340. The highest BCUT2D eigenvalue weighted by molar-refractivity contribution is 9.10. The molecule has 19 heavy (non-hydrogen) atoms. The summed E-state index contributed by atoms with van der Waals surface area (Å²) in [6, 6.07) is 2.47. The van der Waals surface area contributed by atoms with Crippen LogP contribution in [0.3, 0.4) is 0 Å². The van der Waals surface area contributed by atoms with Crippen molar-refractivity contribution in [2.24, 2.45) is 0 Å². The van der Waals surface area contributed by atoms with Gasteiger partial charge in [0.05, 0.1) is 22.8 Å². The maximum absolute atomic E-state index is 13.6. The molecule has 1 aromatic rings. The molecule has 0 bridgehead atoms. The largest absolute Gasteiger partial charge is 0.465 e. The Hall–Kier alpha value is -1.08. The van der Waals surface area contributed by atoms with E-state index in [0.29, 0.717) is 6.54 Å². The summed E-state index contributed by atoms with van der Waals surface area (Å²) in [5.74, 6) is -1.35. The van der Waals surface area contributed by atoms with E-state index in [-0.39, 0.29) is 33.3 Å². The molecule has 0 N–H and O–H groups in total. The lowest BCUT2D eigenvalue weighted by Gasteiger charge is -2.19. The third kappa shape index (κ3) is 2.76. The van der Waals surface area contributed by atoms with Crippen LogP contribution >= 0.6 is 28.6 Å². The Morgan fingerprint density at radius 2 is 2.26 bits per heavy atom. The number of carbonyl (C=O) groups is 2. The molecule has 1 heterocycles. The van der Waals surface area contributed by atoms with Crippen LogP contribution in [0.1, 0.15) is 16.8 Å². The first-order valence-electron chi connectivity index (χ1n) is 5.49. The number of hydrogen-bond donors (Lipinski definition) is 1. The van der Waals surface area contributed by atoms with Gasteiger partial charge in [0.2, 0.25) is 5.91 Å². The first-order chi connectivity index (χ1) is 8.93. The van der Waals surface area contributed by atoms with Gasteiger partial charge in [-0.15, -0.1) is 0 Å². The lowest BCUT2D eigenvalue weighted by atomic mass is 10.1. The highest BCUT2D eigenvalue weighted by atomic mass is 79.9. The van der Waals surface area contributed by atoms with Crippen LogP contribution in [-0.4, -0.2) is 30.8 Å². The van der Waals surface area contributed by atoms with Gasteiger partial charge >= 0.3 is 5.97 Å². The Labute approximate surface area is 123 Å². The van der Waals surface area contributed by atoms with Crippen molar-refractivity contribution in [3.63, 3.8) is 0 Å². The number of esters is 1. The predicted molar refractivity (Wildman–Crippen MR) is 75.2 cm³/mol. The van der Waals surface area contributed by atoms with Crippen LogP contribution in [0.4, 0.5) is 10.1 Å². The molecule has 0 saturated carbocycles. The molecule has 1 unspecified atom stereocenters. The molecule has 1 atom stereocenters. The van der Waals surface area contributed by atoms with Crippen molar-refractivity contribution in [3.05, 3.63) is 28.0 Å². The maximum Gasteiger partial charge on any atom is 0.340 e. The van der Waals surface area contributed by atoms with E-state index in [1.165, 1.54) is 18.1 Å². The quantitative estimate of drug-likeness (QED) is 0.660. The van der Waals surface area contributed by atoms with E-state index >= 15 is 0 Å². The maximum atomic E-state index is 13.6. The second kappa shape index (κ2) is 5.50. The third-order valence-electron chi connectivity index (χ3n) is 2.84. The fraction of sp³-hybridized carbons (Fsp3) is 0.333. The molecule has 7 heteroatoms. The van der Waals surface area contributed by atoms with E-state index in [4.69, 9.17) is 0 Å². The molecule has 0 radical (unpaired) electrons. The number of ether oxygens (including phenoxy) is 1. The summed E-state index contributed by atoms with van der Waals surface area (Å²) in [7, 11) is 1.23. The molecule has 1 aromatic carbocycles. The number of rotatable bonds is 2. The van der Waals surface area contributed by atoms with Crippen LogP contribution in [-0.2, 0) is 9.53 Å². The Morgan fingerprint density at radius 1 is 1.58 bits per heavy atom. The van der Waals surface area contributed by atoms with Gasteiger partial charge in [0.25, 0.3) is 0 Å². The van der Waals surface area contributed by atoms with Crippen molar-refractivity contribution in [1.82, 2.24) is 0 Å². The van der Waals surface area contributed by atoms with Crippen LogP contribution < -0.4 is 4.90 Å². The molecule has 1 fully saturated rings. The standard InChI is InChI=1S/C12H11BrFNO3S/c1-18-12(17)7-3-8(13)9(14)4-10(7)15-5-6(19)2-11(15)16/h3-4,6,19H,2,5H2,1H3. The summed E-state index contributed by atoms with van der Waals surface area (Å²) in [5, 5.41) is -0.121. The normalized spacial score (nSPS) is 18.8. The van der Waals surface area contributed by atoms with Crippen LogP contribution in [0, 0.1) is 5.82 Å². The summed E-state index contributed by atoms with van der Waals surface area (Å²) < 4.78 is 18.4. The second-order valence-electron chi connectivity index (χ2n) is 4.14. The van der Waals surface area contributed by atoms with Crippen LogP contribution in [0.25, 0.3) is 0 Å². The van der Waals surface area contributed by atoms with Gasteiger partial charge in [-0.05, 0) is 28.1 Å². The van der Waals surface area contributed by atoms with Crippen molar-refractivity contribution in [1.29, 1.82) is 0 Å². The minimum Gasteiger partial charge on any atom is -0.465 e. The van der Waals surface area contributed by atoms with Crippen LogP contribution in [0.15, 0.2) is 16.6 Å². The van der Waals surface area contributed by atoms with Gasteiger partial charge in [-0.25, -0.2) is 9.18 Å². The summed E-state index contributed by atoms with van der Waals surface area (Å²) in [4.78, 5) is 24.9. The molecular formula is C12H11BrFNO3S. The van der Waals surface area contributed by atoms with Crippen molar-refractivity contribution in [3.8, 4) is 0 Å². The minimum absolute atomic E-state index is 0.121. The number of nitrogens with zero attached hydrogens (tertiary/aromatic N) is 1. The lowest BCUT2D eigenvalue weighted by Crippen LogP contribution is -2.27. The average molecular weight is 348 g/mol. The molecule has 4 nitrogen and oxygen atoms in total. The number of amides is 1. The van der Waals surface area contributed by atoms with Crippen molar-refractivity contribution < 1.29 is 18.7 Å². The van der Waals surface area contributed by atoms with E-state index in [1.807, 2.05) is 0 Å². The predicted octanol–water partition coefficient (Wildman–Crippen LogP) is 2.41. The third-order valence-corrected chi connectivity index (χ3v) is 3.79. The SMILES string of the molecule is COC(=O)c1cc(Br)c(F)cc1N1CC(S)CC1=O. The van der Waals surface area contributed by atoms with Gasteiger partial charge in [-0.2, -0.15) is 12.6 Å². The molecule has 0 aromatic heterocycles. The molecular weight excluding hydrogens is 337 g/mol. The number of anilines is 1. The Morgan fingerprint density at radius 3 is 2.79 bits per heavy atom. The number of methoxy groups -OCH3 is 1. The smallest absolute Gasteiger partial charge is 0.340 e. The fourth-order valence-corrected chi connectivity index (χ4v) is 2.62. The molecule has 0 spiro atoms. The number of thiol groups is 1. The summed E-state index contributed by atoms with van der Waals surface area (Å²) >= 11 is 7.25. The van der Waals surface area contributed by atoms with Gasteiger partial charge in [0.15, 0.2) is 0 Å². The number of hydrogen-bond acceptors (Lipinski definition) is 4. The molecule has 1 aliphatic rings. The van der Waals surface area contributed by atoms with E-state index < -0.39 is 11.8 Å². The van der Waals surface area contributed by atoms with Gasteiger partial charge in [0, 0.05) is 18.2 Å². The highest BCUT2D eigenvalue weighted by Crippen LogP contribution is 2.31. The zero-order valence-electron chi connectivity index (χ0n) is 10.0. The number of carbonyl (C=O) groups excluding carboxylic acids is 2. The monoisotopic (exact) mass is 347 g/mol. The highest BCUT2D eigenvalue weighted by Gasteiger charge is 2.31. The van der Waals surface area contributed by atoms with Gasteiger partial charge in [-0.3, -0.25) is 4.79 Å². The molecule has 0 aliphatic carbocycles. The van der Waals surface area contributed by atoms with Crippen molar-refractivity contribution in [2.75, 3.05) is 18.6 Å². The zero-order chi connectivity index (χ0) is 14.2. The topological polar surface area (TPSA) is 46.6 Å². The van der Waals surface area contributed by atoms with Crippen LogP contribution in [0.5, 0.6) is 0 Å². The molecule has 2 rings (SSSR count). The van der Waals surface area contributed by atoms with Gasteiger partial charge in [0.1, 0.15) is 5.82 Å². The Bertz CT molecular complexity index is 552. The zero-order valence-corrected chi connectivity index (χ0v) is 12.5. The molecule has 1 amide bonds. The second-order valence-corrected chi connectivity index (χ2v) is 5.72. The molecule has 1 saturated heterocycles. The van der Waals surface area contributed by atoms with Crippen molar-refractivity contribution >= 4 is 46.1 Å². The Kier molecular flexibility index (Phi) is 4.15. The average Bonchev–Trinajstić information content (AvgIpc) is 2.70.